The van der Waals surface area contributed by atoms with E-state index in [9.17, 15) is 0 Å². The van der Waals surface area contributed by atoms with Crippen molar-refractivity contribution in [3.8, 4) is 12.3 Å². The van der Waals surface area contributed by atoms with E-state index in [1.54, 1.807) is 0 Å². The van der Waals surface area contributed by atoms with Gasteiger partial charge in [0.1, 0.15) is 0 Å². The lowest BCUT2D eigenvalue weighted by molar-refractivity contribution is 0.213. The van der Waals surface area contributed by atoms with E-state index in [4.69, 9.17) is 6.42 Å². The third-order valence-electron chi connectivity index (χ3n) is 3.16. The number of hydrogen-bond acceptors (Lipinski definition) is 2. The molecule has 1 aliphatic carbocycles. The minimum atomic E-state index is 0.634. The van der Waals surface area contributed by atoms with E-state index in [0.29, 0.717) is 6.04 Å². The Balaban J connectivity index is 2.22. The Morgan fingerprint density at radius 1 is 1.53 bits per heavy atom. The van der Waals surface area contributed by atoms with Gasteiger partial charge in [-0.25, -0.2) is 0 Å². The molecular formula is C13H24N2. The van der Waals surface area contributed by atoms with Gasteiger partial charge in [-0.05, 0) is 52.1 Å². The first kappa shape index (κ1) is 12.5. The highest BCUT2D eigenvalue weighted by Gasteiger charge is 2.25. The molecule has 1 N–H and O–H groups in total. The summed E-state index contributed by atoms with van der Waals surface area (Å²) >= 11 is 0. The summed E-state index contributed by atoms with van der Waals surface area (Å²) in [6.07, 6.45) is 10.7. The smallest absolute Gasteiger partial charge is 0.0601 e. The minimum absolute atomic E-state index is 0.634. The predicted molar refractivity (Wildman–Crippen MR) is 65.8 cm³/mol. The SMILES string of the molecule is C#CCN(CC1CC1)C(C)CCCNC. The van der Waals surface area contributed by atoms with Crippen LogP contribution in [0.5, 0.6) is 0 Å². The van der Waals surface area contributed by atoms with Crippen molar-refractivity contribution in [1.82, 2.24) is 10.2 Å². The Hall–Kier alpha value is -0.520. The van der Waals surface area contributed by atoms with Gasteiger partial charge in [0.15, 0.2) is 0 Å². The maximum absolute atomic E-state index is 5.41. The number of nitrogens with one attached hydrogen (secondary N) is 1. The number of terminal acetylenes is 1. The molecule has 1 rings (SSSR count). The Morgan fingerprint density at radius 2 is 2.27 bits per heavy atom. The Morgan fingerprint density at radius 3 is 2.80 bits per heavy atom. The van der Waals surface area contributed by atoms with Crippen LogP contribution in [0.3, 0.4) is 0 Å². The number of hydrogen-bond donors (Lipinski definition) is 1. The van der Waals surface area contributed by atoms with Gasteiger partial charge in [0.25, 0.3) is 0 Å². The number of nitrogens with zero attached hydrogens (tertiary/aromatic N) is 1. The second kappa shape index (κ2) is 6.87. The highest BCUT2D eigenvalue weighted by Crippen LogP contribution is 2.30. The summed E-state index contributed by atoms with van der Waals surface area (Å²) in [7, 11) is 2.01. The molecule has 86 valence electrons. The molecule has 1 fully saturated rings. The summed E-state index contributed by atoms with van der Waals surface area (Å²) in [6, 6.07) is 0.634. The molecule has 1 aliphatic rings. The van der Waals surface area contributed by atoms with Crippen LogP contribution in [0.25, 0.3) is 0 Å². The van der Waals surface area contributed by atoms with Crippen molar-refractivity contribution in [3.05, 3.63) is 0 Å². The number of rotatable bonds is 8. The molecule has 0 heterocycles. The van der Waals surface area contributed by atoms with Gasteiger partial charge in [0.05, 0.1) is 6.54 Å². The van der Waals surface area contributed by atoms with Crippen molar-refractivity contribution in [2.24, 2.45) is 5.92 Å². The van der Waals surface area contributed by atoms with Gasteiger partial charge in [-0.2, -0.15) is 0 Å². The molecule has 2 nitrogen and oxygen atoms in total. The summed E-state index contributed by atoms with van der Waals surface area (Å²) in [5.74, 6) is 3.72. The molecule has 0 amide bonds. The Bertz CT molecular complexity index is 203. The summed E-state index contributed by atoms with van der Waals surface area (Å²) < 4.78 is 0. The quantitative estimate of drug-likeness (QED) is 0.483. The molecule has 0 aromatic rings. The lowest BCUT2D eigenvalue weighted by atomic mass is 10.1. The molecule has 0 bridgehead atoms. The molecule has 1 unspecified atom stereocenters. The van der Waals surface area contributed by atoms with Gasteiger partial charge < -0.3 is 5.32 Å². The lowest BCUT2D eigenvalue weighted by Crippen LogP contribution is -2.35. The third kappa shape index (κ3) is 5.20. The fourth-order valence-corrected chi connectivity index (χ4v) is 1.91. The van der Waals surface area contributed by atoms with Gasteiger partial charge in [0, 0.05) is 12.6 Å². The maximum Gasteiger partial charge on any atom is 0.0601 e. The summed E-state index contributed by atoms with van der Waals surface area (Å²) in [5.41, 5.74) is 0. The van der Waals surface area contributed by atoms with Gasteiger partial charge in [-0.1, -0.05) is 5.92 Å². The normalized spacial score (nSPS) is 17.7. The fraction of sp³-hybridized carbons (Fsp3) is 0.846. The summed E-state index contributed by atoms with van der Waals surface area (Å²) in [4.78, 5) is 2.47. The topological polar surface area (TPSA) is 15.3 Å². The maximum atomic E-state index is 5.41. The molecule has 15 heavy (non-hydrogen) atoms. The van der Waals surface area contributed by atoms with Crippen LogP contribution in [0.2, 0.25) is 0 Å². The molecule has 2 heteroatoms. The van der Waals surface area contributed by atoms with Crippen LogP contribution < -0.4 is 5.32 Å². The molecule has 0 radical (unpaired) electrons. The van der Waals surface area contributed by atoms with Gasteiger partial charge in [0.2, 0.25) is 0 Å². The Kier molecular flexibility index (Phi) is 5.75. The second-order valence-electron chi connectivity index (χ2n) is 4.67. The lowest BCUT2D eigenvalue weighted by Gasteiger charge is -2.27. The van der Waals surface area contributed by atoms with Crippen LogP contribution in [-0.2, 0) is 0 Å². The van der Waals surface area contributed by atoms with Gasteiger partial charge in [-0.15, -0.1) is 6.42 Å². The van der Waals surface area contributed by atoms with Crippen LogP contribution in [-0.4, -0.2) is 37.6 Å². The molecule has 1 atom stereocenters. The zero-order valence-corrected chi connectivity index (χ0v) is 10.1. The zero-order valence-electron chi connectivity index (χ0n) is 10.1. The minimum Gasteiger partial charge on any atom is -0.320 e. The molecule has 0 aromatic heterocycles. The van der Waals surface area contributed by atoms with E-state index in [0.717, 1.165) is 19.0 Å². The third-order valence-corrected chi connectivity index (χ3v) is 3.16. The monoisotopic (exact) mass is 208 g/mol. The molecule has 0 saturated heterocycles. The van der Waals surface area contributed by atoms with Crippen LogP contribution in [0, 0.1) is 18.3 Å². The average Bonchev–Trinajstić information content (AvgIpc) is 3.01. The van der Waals surface area contributed by atoms with Crippen LogP contribution >= 0.6 is 0 Å². The van der Waals surface area contributed by atoms with Crippen molar-refractivity contribution in [2.75, 3.05) is 26.7 Å². The fourth-order valence-electron chi connectivity index (χ4n) is 1.91. The van der Waals surface area contributed by atoms with Crippen molar-refractivity contribution in [1.29, 1.82) is 0 Å². The molecule has 0 spiro atoms. The summed E-state index contributed by atoms with van der Waals surface area (Å²) in [5, 5.41) is 3.19. The van der Waals surface area contributed by atoms with Crippen molar-refractivity contribution in [2.45, 2.75) is 38.6 Å². The van der Waals surface area contributed by atoms with Gasteiger partial charge >= 0.3 is 0 Å². The highest BCUT2D eigenvalue weighted by molar-refractivity contribution is 4.91. The van der Waals surface area contributed by atoms with E-state index in [-0.39, 0.29) is 0 Å². The average molecular weight is 208 g/mol. The van der Waals surface area contributed by atoms with E-state index in [2.05, 4.69) is 23.1 Å². The van der Waals surface area contributed by atoms with E-state index >= 15 is 0 Å². The van der Waals surface area contributed by atoms with E-state index in [1.807, 2.05) is 7.05 Å². The van der Waals surface area contributed by atoms with E-state index in [1.165, 1.54) is 32.2 Å². The van der Waals surface area contributed by atoms with Crippen LogP contribution in [0.15, 0.2) is 0 Å². The van der Waals surface area contributed by atoms with Gasteiger partial charge in [-0.3, -0.25) is 4.90 Å². The second-order valence-corrected chi connectivity index (χ2v) is 4.67. The molecule has 0 aromatic carbocycles. The molecular weight excluding hydrogens is 184 g/mol. The summed E-state index contributed by atoms with van der Waals surface area (Å²) in [6.45, 7) is 5.44. The van der Waals surface area contributed by atoms with Crippen molar-refractivity contribution >= 4 is 0 Å². The van der Waals surface area contributed by atoms with Crippen molar-refractivity contribution in [3.63, 3.8) is 0 Å². The van der Waals surface area contributed by atoms with Crippen molar-refractivity contribution < 1.29 is 0 Å². The predicted octanol–water partition coefficient (Wildman–Crippen LogP) is 1.72. The van der Waals surface area contributed by atoms with Crippen LogP contribution in [0.1, 0.15) is 32.6 Å². The Labute approximate surface area is 94.4 Å². The molecule has 1 saturated carbocycles. The molecule has 0 aliphatic heterocycles. The largest absolute Gasteiger partial charge is 0.320 e. The van der Waals surface area contributed by atoms with E-state index < -0.39 is 0 Å². The zero-order chi connectivity index (χ0) is 11.1. The first-order valence-corrected chi connectivity index (χ1v) is 6.10. The first-order valence-electron chi connectivity index (χ1n) is 6.10. The van der Waals surface area contributed by atoms with Crippen LogP contribution in [0.4, 0.5) is 0 Å². The highest BCUT2D eigenvalue weighted by atomic mass is 15.1. The first-order chi connectivity index (χ1) is 7.27. The standard InChI is InChI=1S/C13H24N2/c1-4-10-15(11-13-7-8-13)12(2)6-5-9-14-3/h1,12-14H,5-11H2,2-3H3.